The van der Waals surface area contributed by atoms with Crippen molar-refractivity contribution in [1.82, 2.24) is 9.97 Å². The molecule has 0 spiro atoms. The third-order valence-electron chi connectivity index (χ3n) is 2.29. The minimum atomic E-state index is 0.581. The van der Waals surface area contributed by atoms with Gasteiger partial charge < -0.3 is 4.90 Å². The fourth-order valence-corrected chi connectivity index (χ4v) is 3.18. The number of hydrogen-bond donors (Lipinski definition) is 0. The Kier molecular flexibility index (Phi) is 3.48. The summed E-state index contributed by atoms with van der Waals surface area (Å²) in [5.74, 6) is 3.48. The Morgan fingerprint density at radius 3 is 3.21 bits per heavy atom. The summed E-state index contributed by atoms with van der Waals surface area (Å²) in [5, 5.41) is 0. The Bertz CT molecular complexity index is 321. The van der Waals surface area contributed by atoms with Gasteiger partial charge in [-0.3, -0.25) is 0 Å². The van der Waals surface area contributed by atoms with Crippen LogP contribution in [-0.2, 0) is 0 Å². The summed E-state index contributed by atoms with van der Waals surface area (Å²) in [4.78, 5) is 10.7. The molecule has 0 N–H and O–H groups in total. The van der Waals surface area contributed by atoms with Crippen molar-refractivity contribution in [3.05, 3.63) is 16.1 Å². The zero-order valence-electron chi connectivity index (χ0n) is 7.98. The Hall–Kier alpha value is -0.0400. The summed E-state index contributed by atoms with van der Waals surface area (Å²) in [6, 6.07) is 0.581. The third kappa shape index (κ3) is 2.13. The molecule has 0 amide bonds. The molecule has 1 saturated heterocycles. The molecule has 1 fully saturated rings. The van der Waals surface area contributed by atoms with Gasteiger partial charge in [-0.05, 0) is 29.5 Å². The van der Waals surface area contributed by atoms with Gasteiger partial charge in [0.1, 0.15) is 12.1 Å². The molecule has 1 atom stereocenters. The van der Waals surface area contributed by atoms with E-state index < -0.39 is 0 Å². The molecule has 76 valence electrons. The third-order valence-corrected chi connectivity index (χ3v) is 4.24. The number of thioether (sulfide) groups is 1. The van der Waals surface area contributed by atoms with Gasteiger partial charge in [0, 0.05) is 30.3 Å². The maximum absolute atomic E-state index is 4.35. The lowest BCUT2D eigenvalue weighted by Crippen LogP contribution is -2.41. The first-order chi connectivity index (χ1) is 6.79. The molecule has 14 heavy (non-hydrogen) atoms. The van der Waals surface area contributed by atoms with Gasteiger partial charge in [0.25, 0.3) is 0 Å². The molecule has 2 rings (SSSR count). The van der Waals surface area contributed by atoms with Crippen molar-refractivity contribution in [3.63, 3.8) is 0 Å². The molecule has 0 bridgehead atoms. The van der Waals surface area contributed by atoms with Crippen LogP contribution in [0.25, 0.3) is 0 Å². The molecule has 3 nitrogen and oxygen atoms in total. The highest BCUT2D eigenvalue weighted by Crippen LogP contribution is 2.25. The van der Waals surface area contributed by atoms with Gasteiger partial charge in [0.05, 0.1) is 3.57 Å². The molecular formula is C9H12IN3S. The minimum Gasteiger partial charge on any atom is -0.351 e. The molecular weight excluding hydrogens is 309 g/mol. The summed E-state index contributed by atoms with van der Waals surface area (Å²) >= 11 is 4.32. The van der Waals surface area contributed by atoms with E-state index in [4.69, 9.17) is 0 Å². The molecule has 0 aliphatic carbocycles. The van der Waals surface area contributed by atoms with E-state index in [0.29, 0.717) is 6.04 Å². The van der Waals surface area contributed by atoms with Gasteiger partial charge >= 0.3 is 0 Å². The number of rotatable bonds is 1. The van der Waals surface area contributed by atoms with Crippen LogP contribution in [0.3, 0.4) is 0 Å². The van der Waals surface area contributed by atoms with Gasteiger partial charge in [0.2, 0.25) is 0 Å². The maximum atomic E-state index is 4.35. The first kappa shape index (κ1) is 10.5. The Morgan fingerprint density at radius 2 is 2.50 bits per heavy atom. The second kappa shape index (κ2) is 4.65. The van der Waals surface area contributed by atoms with Gasteiger partial charge in [0.15, 0.2) is 0 Å². The molecule has 2 heterocycles. The molecule has 0 radical (unpaired) electrons. The lowest BCUT2D eigenvalue weighted by molar-refractivity contribution is 0.686. The highest BCUT2D eigenvalue weighted by atomic mass is 127. The van der Waals surface area contributed by atoms with Crippen LogP contribution in [0.1, 0.15) is 6.92 Å². The van der Waals surface area contributed by atoms with Crippen molar-refractivity contribution in [2.45, 2.75) is 13.0 Å². The molecule has 1 unspecified atom stereocenters. The first-order valence-corrected chi connectivity index (χ1v) is 6.82. The van der Waals surface area contributed by atoms with Crippen LogP contribution >= 0.6 is 34.4 Å². The summed E-state index contributed by atoms with van der Waals surface area (Å²) in [7, 11) is 0. The average Bonchev–Trinajstić information content (AvgIpc) is 2.20. The van der Waals surface area contributed by atoms with Crippen molar-refractivity contribution in [3.8, 4) is 0 Å². The van der Waals surface area contributed by atoms with Gasteiger partial charge in [-0.2, -0.15) is 11.8 Å². The first-order valence-electron chi connectivity index (χ1n) is 4.59. The van der Waals surface area contributed by atoms with E-state index in [1.807, 2.05) is 18.0 Å². The molecule has 0 saturated carbocycles. The van der Waals surface area contributed by atoms with E-state index in [2.05, 4.69) is 44.4 Å². The van der Waals surface area contributed by atoms with E-state index in [-0.39, 0.29) is 0 Å². The topological polar surface area (TPSA) is 29.0 Å². The van der Waals surface area contributed by atoms with Crippen molar-refractivity contribution in [1.29, 1.82) is 0 Å². The zero-order valence-corrected chi connectivity index (χ0v) is 11.0. The number of halogens is 1. The van der Waals surface area contributed by atoms with Crippen LogP contribution in [-0.4, -0.2) is 34.1 Å². The summed E-state index contributed by atoms with van der Waals surface area (Å²) in [6.07, 6.45) is 3.50. The van der Waals surface area contributed by atoms with Crippen LogP contribution in [0.2, 0.25) is 0 Å². The fourth-order valence-electron chi connectivity index (χ4n) is 1.56. The standard InChI is InChI=1S/C9H12IN3S/c1-7-5-14-3-2-13(7)9-8(10)4-11-6-12-9/h4,6-7H,2-3,5H2,1H3. The predicted octanol–water partition coefficient (Wildman–Crippen LogP) is 2.02. The quantitative estimate of drug-likeness (QED) is 0.740. The lowest BCUT2D eigenvalue weighted by Gasteiger charge is -2.34. The average molecular weight is 321 g/mol. The van der Waals surface area contributed by atoms with E-state index in [1.165, 1.54) is 11.5 Å². The fraction of sp³-hybridized carbons (Fsp3) is 0.556. The molecule has 5 heteroatoms. The highest BCUT2D eigenvalue weighted by molar-refractivity contribution is 14.1. The van der Waals surface area contributed by atoms with Gasteiger partial charge in [-0.15, -0.1) is 0 Å². The number of aromatic nitrogens is 2. The predicted molar refractivity (Wildman–Crippen MR) is 68.9 cm³/mol. The molecule has 1 aliphatic heterocycles. The minimum absolute atomic E-state index is 0.581. The van der Waals surface area contributed by atoms with Crippen LogP contribution in [0.4, 0.5) is 5.82 Å². The van der Waals surface area contributed by atoms with Crippen molar-refractivity contribution in [2.75, 3.05) is 23.0 Å². The van der Waals surface area contributed by atoms with E-state index >= 15 is 0 Å². The summed E-state index contributed by atoms with van der Waals surface area (Å²) < 4.78 is 1.14. The lowest BCUT2D eigenvalue weighted by atomic mass is 10.3. The Balaban J connectivity index is 2.25. The van der Waals surface area contributed by atoms with Crippen molar-refractivity contribution >= 4 is 40.2 Å². The largest absolute Gasteiger partial charge is 0.351 e. The highest BCUT2D eigenvalue weighted by Gasteiger charge is 2.21. The SMILES string of the molecule is CC1CSCCN1c1ncncc1I. The van der Waals surface area contributed by atoms with E-state index in [0.717, 1.165) is 15.9 Å². The molecule has 1 aliphatic rings. The maximum Gasteiger partial charge on any atom is 0.145 e. The number of nitrogens with zero attached hydrogens (tertiary/aromatic N) is 3. The smallest absolute Gasteiger partial charge is 0.145 e. The normalized spacial score (nSPS) is 22.4. The molecule has 1 aromatic heterocycles. The van der Waals surface area contributed by atoms with Crippen molar-refractivity contribution in [2.24, 2.45) is 0 Å². The van der Waals surface area contributed by atoms with Gasteiger partial charge in [-0.1, -0.05) is 0 Å². The Morgan fingerprint density at radius 1 is 1.64 bits per heavy atom. The zero-order chi connectivity index (χ0) is 9.97. The summed E-state index contributed by atoms with van der Waals surface area (Å²) in [6.45, 7) is 3.35. The van der Waals surface area contributed by atoms with Crippen LogP contribution in [0.5, 0.6) is 0 Å². The summed E-state index contributed by atoms with van der Waals surface area (Å²) in [5.41, 5.74) is 0. The van der Waals surface area contributed by atoms with E-state index in [1.54, 1.807) is 6.33 Å². The van der Waals surface area contributed by atoms with Crippen LogP contribution in [0, 0.1) is 3.57 Å². The van der Waals surface area contributed by atoms with Crippen molar-refractivity contribution < 1.29 is 0 Å². The second-order valence-corrected chi connectivity index (χ2v) is 5.62. The molecule has 1 aromatic rings. The molecule has 0 aromatic carbocycles. The number of hydrogen-bond acceptors (Lipinski definition) is 4. The number of anilines is 1. The van der Waals surface area contributed by atoms with E-state index in [9.17, 15) is 0 Å². The second-order valence-electron chi connectivity index (χ2n) is 3.31. The Labute approximate surface area is 102 Å². The monoisotopic (exact) mass is 321 g/mol. The van der Waals surface area contributed by atoms with Crippen LogP contribution in [0.15, 0.2) is 12.5 Å². The van der Waals surface area contributed by atoms with Gasteiger partial charge in [-0.25, -0.2) is 9.97 Å². The van der Waals surface area contributed by atoms with Crippen LogP contribution < -0.4 is 4.90 Å².